The lowest BCUT2D eigenvalue weighted by atomic mass is 9.86. The van der Waals surface area contributed by atoms with Crippen molar-refractivity contribution in [2.24, 2.45) is 0 Å². The second-order valence-corrected chi connectivity index (χ2v) is 5.06. The van der Waals surface area contributed by atoms with Gasteiger partial charge in [-0.3, -0.25) is 4.79 Å². The van der Waals surface area contributed by atoms with E-state index in [2.05, 4.69) is 38.1 Å². The molecule has 88 valence electrons. The molecular formula is C14H15NO2. The van der Waals surface area contributed by atoms with Gasteiger partial charge in [-0.1, -0.05) is 50.2 Å². The van der Waals surface area contributed by atoms with Crippen LogP contribution in [0, 0.1) is 0 Å². The third-order valence-electron chi connectivity index (χ3n) is 2.69. The Labute approximate surface area is 100 Å². The van der Waals surface area contributed by atoms with E-state index in [-0.39, 0.29) is 11.2 Å². The molecule has 2 aromatic rings. The predicted molar refractivity (Wildman–Crippen MR) is 66.0 cm³/mol. The van der Waals surface area contributed by atoms with Crippen LogP contribution in [0.5, 0.6) is 0 Å². The summed E-state index contributed by atoms with van der Waals surface area (Å²) in [4.78, 5) is 10.5. The van der Waals surface area contributed by atoms with Crippen LogP contribution in [-0.2, 0) is 5.41 Å². The van der Waals surface area contributed by atoms with E-state index in [0.29, 0.717) is 12.0 Å². The second kappa shape index (κ2) is 4.17. The molecule has 0 aliphatic carbocycles. The van der Waals surface area contributed by atoms with Crippen LogP contribution in [0.25, 0.3) is 11.3 Å². The molecule has 3 heteroatoms. The summed E-state index contributed by atoms with van der Waals surface area (Å²) in [6.45, 7) is 6.51. The summed E-state index contributed by atoms with van der Waals surface area (Å²) in [6, 6.07) is 9.77. The molecule has 0 saturated carbocycles. The van der Waals surface area contributed by atoms with Gasteiger partial charge in [0.25, 0.3) is 0 Å². The van der Waals surface area contributed by atoms with Gasteiger partial charge < -0.3 is 4.52 Å². The van der Waals surface area contributed by atoms with Crippen molar-refractivity contribution in [1.29, 1.82) is 0 Å². The minimum atomic E-state index is 0.135. The number of aldehydes is 1. The van der Waals surface area contributed by atoms with Crippen molar-refractivity contribution >= 4 is 6.29 Å². The lowest BCUT2D eigenvalue weighted by Gasteiger charge is -2.18. The molecule has 1 aromatic heterocycles. The van der Waals surface area contributed by atoms with Crippen LogP contribution in [0.15, 0.2) is 34.9 Å². The zero-order valence-electron chi connectivity index (χ0n) is 10.2. The molecule has 2 rings (SSSR count). The number of hydrogen-bond donors (Lipinski definition) is 0. The van der Waals surface area contributed by atoms with E-state index in [0.717, 1.165) is 5.56 Å². The van der Waals surface area contributed by atoms with Crippen LogP contribution < -0.4 is 0 Å². The zero-order chi connectivity index (χ0) is 12.5. The van der Waals surface area contributed by atoms with Crippen LogP contribution >= 0.6 is 0 Å². The average molecular weight is 229 g/mol. The lowest BCUT2D eigenvalue weighted by Crippen LogP contribution is -2.10. The Bertz CT molecular complexity index is 518. The molecule has 0 aliphatic heterocycles. The Morgan fingerprint density at radius 3 is 2.29 bits per heavy atom. The summed E-state index contributed by atoms with van der Waals surface area (Å²) in [5.74, 6) is 0.250. The molecule has 0 unspecified atom stereocenters. The van der Waals surface area contributed by atoms with Gasteiger partial charge in [-0.15, -0.1) is 0 Å². The molecule has 0 bridgehead atoms. The van der Waals surface area contributed by atoms with Gasteiger partial charge in [0.15, 0.2) is 12.0 Å². The van der Waals surface area contributed by atoms with Gasteiger partial charge in [-0.25, -0.2) is 0 Å². The molecule has 1 heterocycles. The SMILES string of the molecule is CC(C)(C)c1ccc(-c2cc(C=O)on2)cc1. The summed E-state index contributed by atoms with van der Waals surface area (Å²) in [6.07, 6.45) is 0.653. The maximum atomic E-state index is 10.5. The lowest BCUT2D eigenvalue weighted by molar-refractivity contribution is 0.109. The number of aromatic nitrogens is 1. The Balaban J connectivity index is 2.32. The standard InChI is InChI=1S/C14H15NO2/c1-14(2,3)11-6-4-10(5-7-11)13-8-12(9-16)17-15-13/h4-9H,1-3H3. The van der Waals surface area contributed by atoms with E-state index in [4.69, 9.17) is 4.52 Å². The summed E-state index contributed by atoms with van der Waals surface area (Å²) >= 11 is 0. The summed E-state index contributed by atoms with van der Waals surface area (Å²) in [7, 11) is 0. The predicted octanol–water partition coefficient (Wildman–Crippen LogP) is 3.45. The molecule has 17 heavy (non-hydrogen) atoms. The van der Waals surface area contributed by atoms with Gasteiger partial charge >= 0.3 is 0 Å². The molecule has 3 nitrogen and oxygen atoms in total. The first kappa shape index (κ1) is 11.6. The van der Waals surface area contributed by atoms with Crippen molar-refractivity contribution < 1.29 is 9.32 Å². The highest BCUT2D eigenvalue weighted by Gasteiger charge is 2.13. The Morgan fingerprint density at radius 2 is 1.82 bits per heavy atom. The number of carbonyl (C=O) groups is 1. The van der Waals surface area contributed by atoms with Gasteiger partial charge in [0.1, 0.15) is 5.69 Å². The molecule has 0 fully saturated rings. The average Bonchev–Trinajstić information content (AvgIpc) is 2.76. The number of rotatable bonds is 2. The van der Waals surface area contributed by atoms with E-state index < -0.39 is 0 Å². The Morgan fingerprint density at radius 1 is 1.18 bits per heavy atom. The maximum absolute atomic E-state index is 10.5. The molecular weight excluding hydrogens is 214 g/mol. The van der Waals surface area contributed by atoms with Crippen LogP contribution in [0.4, 0.5) is 0 Å². The van der Waals surface area contributed by atoms with E-state index in [1.54, 1.807) is 6.07 Å². The summed E-state index contributed by atoms with van der Waals surface area (Å²) < 4.78 is 4.85. The van der Waals surface area contributed by atoms with Crippen molar-refractivity contribution in [3.05, 3.63) is 41.7 Å². The summed E-state index contributed by atoms with van der Waals surface area (Å²) in [5, 5.41) is 3.84. The molecule has 0 spiro atoms. The number of hydrogen-bond acceptors (Lipinski definition) is 3. The first-order valence-corrected chi connectivity index (χ1v) is 5.53. The third kappa shape index (κ3) is 2.44. The van der Waals surface area contributed by atoms with Crippen molar-refractivity contribution in [1.82, 2.24) is 5.16 Å². The van der Waals surface area contributed by atoms with Crippen molar-refractivity contribution in [3.63, 3.8) is 0 Å². The smallest absolute Gasteiger partial charge is 0.199 e. The number of benzene rings is 1. The van der Waals surface area contributed by atoms with E-state index in [1.807, 2.05) is 12.1 Å². The quantitative estimate of drug-likeness (QED) is 0.741. The normalized spacial score (nSPS) is 11.5. The first-order valence-electron chi connectivity index (χ1n) is 5.53. The van der Waals surface area contributed by atoms with Gasteiger partial charge in [-0.05, 0) is 11.0 Å². The Hall–Kier alpha value is -1.90. The Kier molecular flexibility index (Phi) is 2.84. The van der Waals surface area contributed by atoms with Crippen LogP contribution in [0.3, 0.4) is 0 Å². The number of nitrogens with zero attached hydrogens (tertiary/aromatic N) is 1. The monoisotopic (exact) mass is 229 g/mol. The largest absolute Gasteiger partial charge is 0.353 e. The van der Waals surface area contributed by atoms with Crippen LogP contribution in [0.2, 0.25) is 0 Å². The fraction of sp³-hybridized carbons (Fsp3) is 0.286. The maximum Gasteiger partial charge on any atom is 0.199 e. The molecule has 0 amide bonds. The van der Waals surface area contributed by atoms with Crippen LogP contribution in [0.1, 0.15) is 36.9 Å². The molecule has 0 N–H and O–H groups in total. The third-order valence-corrected chi connectivity index (χ3v) is 2.69. The highest BCUT2D eigenvalue weighted by Crippen LogP contribution is 2.25. The van der Waals surface area contributed by atoms with E-state index in [1.165, 1.54) is 5.56 Å². The topological polar surface area (TPSA) is 43.1 Å². The van der Waals surface area contributed by atoms with Gasteiger partial charge in [0.05, 0.1) is 0 Å². The zero-order valence-corrected chi connectivity index (χ0v) is 10.2. The second-order valence-electron chi connectivity index (χ2n) is 5.06. The molecule has 0 atom stereocenters. The van der Waals surface area contributed by atoms with E-state index >= 15 is 0 Å². The van der Waals surface area contributed by atoms with Gasteiger partial charge in [0.2, 0.25) is 0 Å². The van der Waals surface area contributed by atoms with Crippen molar-refractivity contribution in [3.8, 4) is 11.3 Å². The van der Waals surface area contributed by atoms with Gasteiger partial charge in [0, 0.05) is 11.6 Å². The highest BCUT2D eigenvalue weighted by atomic mass is 16.5. The fourth-order valence-corrected chi connectivity index (χ4v) is 1.62. The number of carbonyl (C=O) groups excluding carboxylic acids is 1. The first-order chi connectivity index (χ1) is 8.00. The van der Waals surface area contributed by atoms with Crippen molar-refractivity contribution in [2.75, 3.05) is 0 Å². The minimum absolute atomic E-state index is 0.135. The molecule has 1 aromatic carbocycles. The molecule has 0 radical (unpaired) electrons. The molecule has 0 aliphatic rings. The summed E-state index contributed by atoms with van der Waals surface area (Å²) in [5.41, 5.74) is 3.04. The molecule has 0 saturated heterocycles. The highest BCUT2D eigenvalue weighted by molar-refractivity contribution is 5.73. The van der Waals surface area contributed by atoms with Crippen LogP contribution in [-0.4, -0.2) is 11.4 Å². The van der Waals surface area contributed by atoms with E-state index in [9.17, 15) is 4.79 Å². The van der Waals surface area contributed by atoms with Crippen molar-refractivity contribution in [2.45, 2.75) is 26.2 Å². The van der Waals surface area contributed by atoms with Gasteiger partial charge in [-0.2, -0.15) is 0 Å². The minimum Gasteiger partial charge on any atom is -0.353 e. The fourth-order valence-electron chi connectivity index (χ4n) is 1.62.